The summed E-state index contributed by atoms with van der Waals surface area (Å²) >= 11 is 0. The highest BCUT2D eigenvalue weighted by molar-refractivity contribution is 5.58. The Morgan fingerprint density at radius 3 is 1.77 bits per heavy atom. The number of methoxy groups -OCH3 is 2. The van der Waals surface area contributed by atoms with Crippen LogP contribution in [0.3, 0.4) is 0 Å². The molecule has 1 amide bonds. The molecular weight excluding hydrogens is 390 g/mol. The van der Waals surface area contributed by atoms with Gasteiger partial charge in [-0.2, -0.15) is 0 Å². The summed E-state index contributed by atoms with van der Waals surface area (Å²) in [6.45, 7) is 0.315. The van der Waals surface area contributed by atoms with Gasteiger partial charge in [0.2, 0.25) is 6.41 Å². The van der Waals surface area contributed by atoms with E-state index < -0.39 is 11.5 Å². The second-order valence-electron chi connectivity index (χ2n) is 7.84. The topological polar surface area (TPSA) is 59.0 Å². The number of rotatable bonds is 7. The van der Waals surface area contributed by atoms with Crippen molar-refractivity contribution in [3.63, 3.8) is 0 Å². The first kappa shape index (κ1) is 20.9. The molecule has 1 fully saturated rings. The molecule has 160 valence electrons. The van der Waals surface area contributed by atoms with Gasteiger partial charge in [0, 0.05) is 6.54 Å². The highest BCUT2D eigenvalue weighted by Crippen LogP contribution is 2.47. The summed E-state index contributed by atoms with van der Waals surface area (Å²) in [4.78, 5) is 13.8. The van der Waals surface area contributed by atoms with Crippen molar-refractivity contribution in [1.82, 2.24) is 4.90 Å². The van der Waals surface area contributed by atoms with Crippen molar-refractivity contribution in [3.8, 4) is 11.5 Å². The van der Waals surface area contributed by atoms with Gasteiger partial charge in [0.1, 0.15) is 11.5 Å². The van der Waals surface area contributed by atoms with Crippen molar-refractivity contribution in [2.75, 3.05) is 20.8 Å². The summed E-state index contributed by atoms with van der Waals surface area (Å²) in [6, 6.07) is 25.8. The van der Waals surface area contributed by atoms with Gasteiger partial charge in [0.25, 0.3) is 0 Å². The molecule has 4 rings (SSSR count). The summed E-state index contributed by atoms with van der Waals surface area (Å²) in [5.41, 5.74) is 2.42. The first-order valence-corrected chi connectivity index (χ1v) is 10.4. The highest BCUT2D eigenvalue weighted by atomic mass is 16.5. The Morgan fingerprint density at radius 2 is 1.32 bits per heavy atom. The van der Waals surface area contributed by atoms with Crippen molar-refractivity contribution in [2.45, 2.75) is 24.0 Å². The van der Waals surface area contributed by atoms with Crippen LogP contribution in [0.2, 0.25) is 0 Å². The van der Waals surface area contributed by atoms with E-state index in [1.807, 2.05) is 66.7 Å². The molecule has 0 aliphatic carbocycles. The number of carbonyl (C=O) groups is 1. The number of amides is 1. The lowest BCUT2D eigenvalue weighted by molar-refractivity contribution is -0.119. The van der Waals surface area contributed by atoms with Crippen LogP contribution in [0.5, 0.6) is 11.5 Å². The zero-order valence-electron chi connectivity index (χ0n) is 17.8. The van der Waals surface area contributed by atoms with Crippen LogP contribution in [0.15, 0.2) is 78.9 Å². The van der Waals surface area contributed by atoms with Gasteiger partial charge >= 0.3 is 0 Å². The smallest absolute Gasteiger partial charge is 0.210 e. The highest BCUT2D eigenvalue weighted by Gasteiger charge is 2.50. The molecule has 1 heterocycles. The predicted octanol–water partition coefficient (Wildman–Crippen LogP) is 3.63. The lowest BCUT2D eigenvalue weighted by Gasteiger charge is -2.43. The summed E-state index contributed by atoms with van der Waals surface area (Å²) in [5.74, 6) is 1.53. The Kier molecular flexibility index (Phi) is 5.96. The Labute approximate surface area is 182 Å². The lowest BCUT2D eigenvalue weighted by atomic mass is 9.64. The minimum atomic E-state index is -0.682. The maximum absolute atomic E-state index is 12.1. The van der Waals surface area contributed by atoms with Crippen LogP contribution in [0.25, 0.3) is 0 Å². The van der Waals surface area contributed by atoms with E-state index in [2.05, 4.69) is 12.1 Å². The quantitative estimate of drug-likeness (QED) is 0.471. The molecule has 0 saturated carbocycles. The molecule has 2 unspecified atom stereocenters. The number of hydrogen-bond donors (Lipinski definition) is 1. The zero-order chi connectivity index (χ0) is 21.8. The van der Waals surface area contributed by atoms with E-state index in [9.17, 15) is 9.90 Å². The summed E-state index contributed by atoms with van der Waals surface area (Å²) in [5, 5.41) is 10.5. The normalized spacial score (nSPS) is 18.6. The van der Waals surface area contributed by atoms with Gasteiger partial charge in [-0.3, -0.25) is 4.79 Å². The first-order chi connectivity index (χ1) is 15.1. The monoisotopic (exact) mass is 417 g/mol. The molecule has 5 heteroatoms. The van der Waals surface area contributed by atoms with E-state index in [4.69, 9.17) is 9.47 Å². The van der Waals surface area contributed by atoms with Crippen LogP contribution in [0, 0.1) is 0 Å². The van der Waals surface area contributed by atoms with Gasteiger partial charge in [-0.25, -0.2) is 0 Å². The number of aliphatic hydroxyl groups is 1. The Morgan fingerprint density at radius 1 is 0.839 bits per heavy atom. The molecule has 1 saturated heterocycles. The van der Waals surface area contributed by atoms with Gasteiger partial charge < -0.3 is 19.5 Å². The number of benzene rings is 3. The van der Waals surface area contributed by atoms with Gasteiger partial charge in [0.15, 0.2) is 0 Å². The molecule has 0 spiro atoms. The SMILES string of the molecule is COc1ccc(C(c2ccccc2)(c2ccc(OC)cc2)C2CC(O)CN2C=O)cc1. The van der Waals surface area contributed by atoms with E-state index in [0.29, 0.717) is 13.0 Å². The van der Waals surface area contributed by atoms with Crippen molar-refractivity contribution >= 4 is 6.41 Å². The third kappa shape index (κ3) is 3.66. The Bertz CT molecular complexity index is 954. The number of β-amino-alcohol motifs (C(OH)–C–C–N with tert-alkyl or cyclic N) is 1. The average molecular weight is 418 g/mol. The van der Waals surface area contributed by atoms with Crippen LogP contribution in [-0.4, -0.2) is 49.3 Å². The number of ether oxygens (including phenoxy) is 2. The summed E-state index contributed by atoms with van der Waals surface area (Å²) < 4.78 is 10.8. The van der Waals surface area contributed by atoms with Crippen molar-refractivity contribution in [1.29, 1.82) is 0 Å². The van der Waals surface area contributed by atoms with Crippen molar-refractivity contribution < 1.29 is 19.4 Å². The molecule has 0 bridgehead atoms. The molecule has 1 N–H and O–H groups in total. The van der Waals surface area contributed by atoms with Gasteiger partial charge in [-0.05, 0) is 47.4 Å². The first-order valence-electron chi connectivity index (χ1n) is 10.4. The maximum atomic E-state index is 12.1. The van der Waals surface area contributed by atoms with Gasteiger partial charge in [-0.15, -0.1) is 0 Å². The fraction of sp³-hybridized carbons (Fsp3) is 0.269. The third-order valence-corrected chi connectivity index (χ3v) is 6.27. The van der Waals surface area contributed by atoms with Crippen LogP contribution < -0.4 is 9.47 Å². The molecule has 1 aliphatic heterocycles. The molecular formula is C26H27NO4. The molecule has 3 aromatic rings. The van der Waals surface area contributed by atoms with Crippen LogP contribution in [0.4, 0.5) is 0 Å². The molecule has 0 radical (unpaired) electrons. The minimum Gasteiger partial charge on any atom is -0.497 e. The minimum absolute atomic E-state index is 0.260. The van der Waals surface area contributed by atoms with Crippen LogP contribution in [-0.2, 0) is 10.2 Å². The molecule has 31 heavy (non-hydrogen) atoms. The predicted molar refractivity (Wildman–Crippen MR) is 119 cm³/mol. The number of aliphatic hydroxyl groups excluding tert-OH is 1. The third-order valence-electron chi connectivity index (χ3n) is 6.27. The van der Waals surface area contributed by atoms with Crippen molar-refractivity contribution in [3.05, 3.63) is 95.6 Å². The van der Waals surface area contributed by atoms with Crippen LogP contribution in [0.1, 0.15) is 23.1 Å². The fourth-order valence-electron chi connectivity index (χ4n) is 4.87. The molecule has 2 atom stereocenters. The van der Waals surface area contributed by atoms with Crippen LogP contribution >= 0.6 is 0 Å². The standard InChI is InChI=1S/C26H27NO4/c1-30-23-12-8-20(9-13-23)26(19-6-4-3-5-7-19,21-10-14-24(31-2)15-11-21)25-16-22(29)17-27(25)18-28/h3-15,18,22,25,29H,16-17H2,1-2H3. The molecule has 3 aromatic carbocycles. The largest absolute Gasteiger partial charge is 0.497 e. The number of likely N-dealkylation sites (tertiary alicyclic amines) is 1. The van der Waals surface area contributed by atoms with E-state index in [1.54, 1.807) is 19.1 Å². The number of carbonyl (C=O) groups excluding carboxylic acids is 1. The molecule has 5 nitrogen and oxygen atoms in total. The van der Waals surface area contributed by atoms with Gasteiger partial charge in [0.05, 0.1) is 31.8 Å². The summed E-state index contributed by atoms with van der Waals surface area (Å²) in [6.07, 6.45) is 0.756. The zero-order valence-corrected chi connectivity index (χ0v) is 17.8. The second-order valence-corrected chi connectivity index (χ2v) is 7.84. The number of hydrogen-bond acceptors (Lipinski definition) is 4. The average Bonchev–Trinajstić information content (AvgIpc) is 3.22. The maximum Gasteiger partial charge on any atom is 0.210 e. The molecule has 0 aromatic heterocycles. The Hall–Kier alpha value is -3.31. The van der Waals surface area contributed by atoms with E-state index >= 15 is 0 Å². The number of nitrogens with zero attached hydrogens (tertiary/aromatic N) is 1. The van der Waals surface area contributed by atoms with E-state index in [1.165, 1.54) is 0 Å². The fourth-order valence-corrected chi connectivity index (χ4v) is 4.87. The van der Waals surface area contributed by atoms with Gasteiger partial charge in [-0.1, -0.05) is 54.6 Å². The Balaban J connectivity index is 2.03. The van der Waals surface area contributed by atoms with Crippen molar-refractivity contribution in [2.24, 2.45) is 0 Å². The second kappa shape index (κ2) is 8.82. The van der Waals surface area contributed by atoms with E-state index in [0.717, 1.165) is 34.6 Å². The summed E-state index contributed by atoms with van der Waals surface area (Å²) in [7, 11) is 3.29. The van der Waals surface area contributed by atoms with E-state index in [-0.39, 0.29) is 6.04 Å². The lowest BCUT2D eigenvalue weighted by Crippen LogP contribution is -2.48. The molecule has 1 aliphatic rings.